The fourth-order valence-corrected chi connectivity index (χ4v) is 1.96. The van der Waals surface area contributed by atoms with Gasteiger partial charge in [0.15, 0.2) is 5.82 Å². The zero-order valence-electron chi connectivity index (χ0n) is 12.6. The van der Waals surface area contributed by atoms with Crippen molar-refractivity contribution in [3.63, 3.8) is 0 Å². The van der Waals surface area contributed by atoms with Crippen molar-refractivity contribution in [1.29, 1.82) is 0 Å². The Balaban J connectivity index is 3.02. The monoisotopic (exact) mass is 266 g/mol. The van der Waals surface area contributed by atoms with Gasteiger partial charge in [0, 0.05) is 13.1 Å². The van der Waals surface area contributed by atoms with E-state index in [9.17, 15) is 0 Å². The van der Waals surface area contributed by atoms with Crippen LogP contribution in [0.4, 0.5) is 11.5 Å². The first-order valence-electron chi connectivity index (χ1n) is 7.07. The van der Waals surface area contributed by atoms with Gasteiger partial charge in [0.05, 0.1) is 7.11 Å². The molecule has 1 heterocycles. The highest BCUT2D eigenvalue weighted by Crippen LogP contribution is 2.29. The van der Waals surface area contributed by atoms with Gasteiger partial charge in [-0.25, -0.2) is 4.98 Å². The number of ether oxygens (including phenoxy) is 1. The number of rotatable bonds is 8. The summed E-state index contributed by atoms with van der Waals surface area (Å²) in [6.07, 6.45) is 4.58. The molecule has 2 N–H and O–H groups in total. The van der Waals surface area contributed by atoms with Gasteiger partial charge in [-0.2, -0.15) is 4.98 Å². The summed E-state index contributed by atoms with van der Waals surface area (Å²) in [6, 6.07) is 0. The highest BCUT2D eigenvalue weighted by atomic mass is 16.5. The average Bonchev–Trinajstić information content (AvgIpc) is 2.41. The Kier molecular flexibility index (Phi) is 6.39. The summed E-state index contributed by atoms with van der Waals surface area (Å²) in [5.74, 6) is 1.98. The van der Waals surface area contributed by atoms with Crippen LogP contribution >= 0.6 is 0 Å². The summed E-state index contributed by atoms with van der Waals surface area (Å²) in [4.78, 5) is 11.0. The summed E-state index contributed by atoms with van der Waals surface area (Å²) < 4.78 is 5.22. The zero-order valence-corrected chi connectivity index (χ0v) is 12.6. The quantitative estimate of drug-likeness (QED) is 0.784. The second kappa shape index (κ2) is 7.81. The molecular weight excluding hydrogens is 240 g/mol. The van der Waals surface area contributed by atoms with Gasteiger partial charge in [-0.05, 0) is 19.8 Å². The predicted molar refractivity (Wildman–Crippen MR) is 79.8 cm³/mol. The molecule has 1 aromatic rings. The zero-order chi connectivity index (χ0) is 14.3. The number of nitrogens with zero attached hydrogens (tertiary/aromatic N) is 3. The van der Waals surface area contributed by atoms with E-state index in [1.54, 1.807) is 7.11 Å². The maximum atomic E-state index is 6.12. The van der Waals surface area contributed by atoms with E-state index in [4.69, 9.17) is 10.5 Å². The van der Waals surface area contributed by atoms with Crippen LogP contribution in [-0.2, 0) is 0 Å². The molecule has 0 aliphatic rings. The van der Waals surface area contributed by atoms with Gasteiger partial charge in [0.25, 0.3) is 0 Å². The number of unbranched alkanes of at least 4 members (excludes halogenated alkanes) is 2. The largest absolute Gasteiger partial charge is 0.479 e. The third-order valence-electron chi connectivity index (χ3n) is 3.06. The molecule has 0 atom stereocenters. The molecule has 0 radical (unpaired) electrons. The van der Waals surface area contributed by atoms with E-state index < -0.39 is 0 Å². The van der Waals surface area contributed by atoms with Crippen LogP contribution in [0.2, 0.25) is 0 Å². The third kappa shape index (κ3) is 4.26. The summed E-state index contributed by atoms with van der Waals surface area (Å²) in [5.41, 5.74) is 6.66. The molecule has 108 valence electrons. The number of methoxy groups -OCH3 is 1. The second-order valence-electron chi connectivity index (χ2n) is 4.71. The fraction of sp³-hybridized carbons (Fsp3) is 0.714. The molecule has 0 aliphatic heterocycles. The van der Waals surface area contributed by atoms with Gasteiger partial charge < -0.3 is 15.4 Å². The topological polar surface area (TPSA) is 64.3 Å². The molecule has 0 unspecified atom stereocenters. The second-order valence-corrected chi connectivity index (χ2v) is 4.71. The van der Waals surface area contributed by atoms with Crippen molar-refractivity contribution in [2.24, 2.45) is 0 Å². The lowest BCUT2D eigenvalue weighted by molar-refractivity contribution is 0.398. The molecule has 1 aromatic heterocycles. The van der Waals surface area contributed by atoms with Gasteiger partial charge in [-0.3, -0.25) is 0 Å². The number of nitrogen functional groups attached to an aromatic ring is 1. The summed E-state index contributed by atoms with van der Waals surface area (Å²) in [7, 11) is 1.59. The smallest absolute Gasteiger partial charge is 0.242 e. The Morgan fingerprint density at radius 3 is 2.16 bits per heavy atom. The molecule has 0 bridgehead atoms. The van der Waals surface area contributed by atoms with Gasteiger partial charge in [-0.1, -0.05) is 26.7 Å². The fourth-order valence-electron chi connectivity index (χ4n) is 1.96. The van der Waals surface area contributed by atoms with E-state index in [1.165, 1.54) is 0 Å². The van der Waals surface area contributed by atoms with Crippen LogP contribution in [0, 0.1) is 6.92 Å². The van der Waals surface area contributed by atoms with Crippen molar-refractivity contribution in [1.82, 2.24) is 9.97 Å². The maximum Gasteiger partial charge on any atom is 0.242 e. The Hall–Kier alpha value is -1.52. The van der Waals surface area contributed by atoms with E-state index in [2.05, 4.69) is 28.7 Å². The molecule has 0 aliphatic carbocycles. The predicted octanol–water partition coefficient (Wildman–Crippen LogP) is 2.78. The number of nitrogens with two attached hydrogens (primary N) is 1. The van der Waals surface area contributed by atoms with Crippen LogP contribution in [0.3, 0.4) is 0 Å². The van der Waals surface area contributed by atoms with Crippen LogP contribution in [0.1, 0.15) is 45.4 Å². The van der Waals surface area contributed by atoms with Gasteiger partial charge in [0.1, 0.15) is 11.5 Å². The van der Waals surface area contributed by atoms with Crippen molar-refractivity contribution in [2.45, 2.75) is 46.5 Å². The summed E-state index contributed by atoms with van der Waals surface area (Å²) in [6.45, 7) is 8.18. The molecule has 5 heteroatoms. The minimum Gasteiger partial charge on any atom is -0.479 e. The standard InChI is InChI=1S/C14H26N4O/c1-5-7-9-18(10-8-6-2)13-12(15)14(19-4)17-11(3)16-13/h5-10,15H2,1-4H3. The van der Waals surface area contributed by atoms with Crippen molar-refractivity contribution in [3.05, 3.63) is 5.82 Å². The van der Waals surface area contributed by atoms with Crippen LogP contribution in [0.15, 0.2) is 0 Å². The van der Waals surface area contributed by atoms with Gasteiger partial charge >= 0.3 is 0 Å². The Morgan fingerprint density at radius 2 is 1.68 bits per heavy atom. The molecule has 0 spiro atoms. The Bertz CT molecular complexity index is 387. The van der Waals surface area contributed by atoms with E-state index in [-0.39, 0.29) is 0 Å². The lowest BCUT2D eigenvalue weighted by atomic mass is 10.2. The number of aryl methyl sites for hydroxylation is 1. The lowest BCUT2D eigenvalue weighted by Gasteiger charge is -2.25. The highest BCUT2D eigenvalue weighted by molar-refractivity contribution is 5.68. The summed E-state index contributed by atoms with van der Waals surface area (Å²) >= 11 is 0. The van der Waals surface area contributed by atoms with E-state index in [0.717, 1.165) is 44.6 Å². The molecule has 0 amide bonds. The molecule has 0 saturated heterocycles. The van der Waals surface area contributed by atoms with E-state index in [1.807, 2.05) is 6.92 Å². The first-order chi connectivity index (χ1) is 9.13. The first kappa shape index (κ1) is 15.5. The highest BCUT2D eigenvalue weighted by Gasteiger charge is 2.16. The van der Waals surface area contributed by atoms with E-state index >= 15 is 0 Å². The van der Waals surface area contributed by atoms with Crippen molar-refractivity contribution < 1.29 is 4.74 Å². The van der Waals surface area contributed by atoms with Crippen LogP contribution in [0.25, 0.3) is 0 Å². The van der Waals surface area contributed by atoms with Crippen molar-refractivity contribution in [2.75, 3.05) is 30.8 Å². The van der Waals surface area contributed by atoms with Crippen molar-refractivity contribution in [3.8, 4) is 5.88 Å². The van der Waals surface area contributed by atoms with Gasteiger partial charge in [-0.15, -0.1) is 0 Å². The Labute approximate surface area is 116 Å². The molecule has 19 heavy (non-hydrogen) atoms. The maximum absolute atomic E-state index is 6.12. The van der Waals surface area contributed by atoms with Crippen LogP contribution in [-0.4, -0.2) is 30.2 Å². The number of hydrogen-bond acceptors (Lipinski definition) is 5. The Morgan fingerprint density at radius 1 is 1.11 bits per heavy atom. The molecule has 1 rings (SSSR count). The normalized spacial score (nSPS) is 10.5. The van der Waals surface area contributed by atoms with E-state index in [0.29, 0.717) is 17.4 Å². The molecule has 5 nitrogen and oxygen atoms in total. The van der Waals surface area contributed by atoms with Gasteiger partial charge in [0.2, 0.25) is 5.88 Å². The number of anilines is 2. The van der Waals surface area contributed by atoms with Crippen LogP contribution in [0.5, 0.6) is 5.88 Å². The van der Waals surface area contributed by atoms with Crippen LogP contribution < -0.4 is 15.4 Å². The third-order valence-corrected chi connectivity index (χ3v) is 3.06. The minimum absolute atomic E-state index is 0.473. The average molecular weight is 266 g/mol. The van der Waals surface area contributed by atoms with Crippen molar-refractivity contribution >= 4 is 11.5 Å². The molecule has 0 saturated carbocycles. The minimum atomic E-state index is 0.473. The lowest BCUT2D eigenvalue weighted by Crippen LogP contribution is -2.28. The first-order valence-corrected chi connectivity index (χ1v) is 7.07. The molecular formula is C14H26N4O. The number of aromatic nitrogens is 2. The SMILES string of the molecule is CCCCN(CCCC)c1nc(C)nc(OC)c1N. The molecule has 0 aromatic carbocycles. The summed E-state index contributed by atoms with van der Waals surface area (Å²) in [5, 5.41) is 0. The number of hydrogen-bond donors (Lipinski definition) is 1. The molecule has 0 fully saturated rings.